The van der Waals surface area contributed by atoms with Crippen LogP contribution in [-0.4, -0.2) is 51.5 Å². The summed E-state index contributed by atoms with van der Waals surface area (Å²) in [5, 5.41) is 20.8. The summed E-state index contributed by atoms with van der Waals surface area (Å²) in [6, 6.07) is -1.29. The number of thioether (sulfide) groups is 1. The molecule has 1 aliphatic heterocycles. The number of amides is 1. The minimum Gasteiger partial charge on any atom is -0.480 e. The van der Waals surface area contributed by atoms with E-state index in [4.69, 9.17) is 14.0 Å². The number of carbonyl (C=O) groups is 2. The van der Waals surface area contributed by atoms with E-state index in [1.54, 1.807) is 0 Å². The minimum atomic E-state index is -2.88. The fourth-order valence-corrected chi connectivity index (χ4v) is 3.65. The molecule has 1 saturated heterocycles. The van der Waals surface area contributed by atoms with Gasteiger partial charge in [0.2, 0.25) is 5.91 Å². The van der Waals surface area contributed by atoms with Crippen molar-refractivity contribution in [1.82, 2.24) is 5.32 Å². The van der Waals surface area contributed by atoms with Crippen LogP contribution in [0.2, 0.25) is 0 Å². The molecule has 6 nitrogen and oxygen atoms in total. The largest absolute Gasteiger partial charge is 0.480 e. The number of rotatable bonds is 9. The zero-order chi connectivity index (χ0) is 18.3. The molecule has 0 aromatic heterocycles. The van der Waals surface area contributed by atoms with Gasteiger partial charge in [-0.25, -0.2) is 4.79 Å². The Labute approximate surface area is 133 Å². The highest BCUT2D eigenvalue weighted by Crippen LogP contribution is 2.33. The number of unbranched alkanes of at least 4 members (excludes halogenated alkanes) is 2. The van der Waals surface area contributed by atoms with E-state index in [0.717, 1.165) is 25.7 Å². The SMILES string of the molecule is [2H]C([2H])([2H])C(=O)N[C@@H](CSC1CC(O)OC1CCCCC)C(=O)O. The van der Waals surface area contributed by atoms with E-state index in [1.807, 2.05) is 5.32 Å². The van der Waals surface area contributed by atoms with Crippen molar-refractivity contribution in [2.45, 2.75) is 69.6 Å². The van der Waals surface area contributed by atoms with Crippen LogP contribution in [0, 0.1) is 0 Å². The number of carbonyl (C=O) groups excluding carboxylic acids is 1. The molecule has 0 aliphatic carbocycles. The van der Waals surface area contributed by atoms with Crippen LogP contribution >= 0.6 is 11.8 Å². The van der Waals surface area contributed by atoms with Gasteiger partial charge in [-0.15, -0.1) is 0 Å². The van der Waals surface area contributed by atoms with Gasteiger partial charge in [-0.1, -0.05) is 26.2 Å². The van der Waals surface area contributed by atoms with Crippen molar-refractivity contribution >= 4 is 23.6 Å². The van der Waals surface area contributed by atoms with Gasteiger partial charge in [0.15, 0.2) is 6.29 Å². The Morgan fingerprint density at radius 2 is 2.29 bits per heavy atom. The monoisotopic (exact) mass is 322 g/mol. The van der Waals surface area contributed by atoms with Gasteiger partial charge < -0.3 is 20.3 Å². The number of carboxylic acids is 1. The first kappa shape index (κ1) is 13.8. The Bertz CT molecular complexity index is 435. The summed E-state index contributed by atoms with van der Waals surface area (Å²) in [4.78, 5) is 22.7. The third-order valence-corrected chi connectivity index (χ3v) is 4.80. The lowest BCUT2D eigenvalue weighted by Crippen LogP contribution is -2.42. The third kappa shape index (κ3) is 6.67. The number of carboxylic acid groups (broad SMARTS) is 1. The van der Waals surface area contributed by atoms with E-state index < -0.39 is 31.1 Å². The third-order valence-electron chi connectivity index (χ3n) is 3.35. The molecular weight excluding hydrogens is 294 g/mol. The quantitative estimate of drug-likeness (QED) is 0.555. The molecule has 0 spiro atoms. The van der Waals surface area contributed by atoms with Crippen LogP contribution in [0.5, 0.6) is 0 Å². The van der Waals surface area contributed by atoms with Crippen LogP contribution in [0.4, 0.5) is 0 Å². The normalized spacial score (nSPS) is 29.2. The summed E-state index contributed by atoms with van der Waals surface area (Å²) < 4.78 is 26.4. The van der Waals surface area contributed by atoms with Crippen LogP contribution < -0.4 is 5.32 Å². The highest BCUT2D eigenvalue weighted by molar-refractivity contribution is 8.00. The molecule has 21 heavy (non-hydrogen) atoms. The number of aliphatic hydroxyl groups excluding tert-OH is 1. The van der Waals surface area contributed by atoms with E-state index in [2.05, 4.69) is 6.92 Å². The average Bonchev–Trinajstić information content (AvgIpc) is 2.82. The Balaban J connectivity index is 2.55. The van der Waals surface area contributed by atoms with Crippen molar-refractivity contribution < 1.29 is 28.7 Å². The van der Waals surface area contributed by atoms with Crippen LogP contribution in [0.15, 0.2) is 0 Å². The van der Waals surface area contributed by atoms with Crippen molar-refractivity contribution in [3.63, 3.8) is 0 Å². The zero-order valence-electron chi connectivity index (χ0n) is 15.1. The molecule has 1 fully saturated rings. The summed E-state index contributed by atoms with van der Waals surface area (Å²) in [5.41, 5.74) is 0. The molecule has 1 amide bonds. The molecule has 1 rings (SSSR count). The molecule has 3 N–H and O–H groups in total. The van der Waals surface area contributed by atoms with E-state index in [-0.39, 0.29) is 17.1 Å². The molecule has 0 radical (unpaired) electrons. The molecule has 4 atom stereocenters. The van der Waals surface area contributed by atoms with Crippen molar-refractivity contribution in [1.29, 1.82) is 0 Å². The van der Waals surface area contributed by atoms with Gasteiger partial charge >= 0.3 is 5.97 Å². The minimum absolute atomic E-state index is 0.0160. The summed E-state index contributed by atoms with van der Waals surface area (Å²) in [7, 11) is 0. The van der Waals surface area contributed by atoms with E-state index in [9.17, 15) is 14.7 Å². The highest BCUT2D eigenvalue weighted by atomic mass is 32.2. The predicted molar refractivity (Wildman–Crippen MR) is 81.1 cm³/mol. The van der Waals surface area contributed by atoms with Gasteiger partial charge in [-0.3, -0.25) is 4.79 Å². The summed E-state index contributed by atoms with van der Waals surface area (Å²) in [6.07, 6.45) is 3.22. The molecule has 3 unspecified atom stereocenters. The second kappa shape index (κ2) is 9.27. The van der Waals surface area contributed by atoms with Crippen LogP contribution in [-0.2, 0) is 14.3 Å². The average molecular weight is 322 g/mol. The van der Waals surface area contributed by atoms with E-state index in [1.165, 1.54) is 11.8 Å². The number of nitrogens with one attached hydrogen (secondary N) is 1. The molecule has 0 saturated carbocycles. The lowest BCUT2D eigenvalue weighted by molar-refractivity contribution is -0.140. The molecule has 7 heteroatoms. The Kier molecular flexibility index (Phi) is 6.11. The molecule has 1 aliphatic rings. The van der Waals surface area contributed by atoms with Gasteiger partial charge in [0, 0.05) is 28.4 Å². The number of aliphatic carboxylic acids is 1. The van der Waals surface area contributed by atoms with Gasteiger partial charge in [0.25, 0.3) is 0 Å². The second-order valence-electron chi connectivity index (χ2n) is 5.10. The number of aliphatic hydroxyl groups is 1. The maximum atomic E-state index is 11.5. The standard InChI is InChI=1S/C14H25NO5S/c1-3-4-5-6-11-12(7-13(17)20-11)21-8-10(14(18)19)15-9(2)16/h10-13,17H,3-8H2,1-2H3,(H,15,16)(H,18,19)/t10-,11?,12?,13?/m0/s1/i2D3. The smallest absolute Gasteiger partial charge is 0.327 e. The van der Waals surface area contributed by atoms with E-state index >= 15 is 0 Å². The first-order chi connectivity index (χ1) is 11.1. The molecule has 0 aromatic rings. The van der Waals surface area contributed by atoms with Crippen molar-refractivity contribution in [3.05, 3.63) is 0 Å². The van der Waals surface area contributed by atoms with Crippen molar-refractivity contribution in [2.24, 2.45) is 0 Å². The second-order valence-corrected chi connectivity index (χ2v) is 6.37. The lowest BCUT2D eigenvalue weighted by Gasteiger charge is -2.20. The Morgan fingerprint density at radius 1 is 1.52 bits per heavy atom. The predicted octanol–water partition coefficient (Wildman–Crippen LogP) is 1.37. The molecule has 122 valence electrons. The first-order valence-corrected chi connectivity index (χ1v) is 8.19. The van der Waals surface area contributed by atoms with Crippen LogP contribution in [0.1, 0.15) is 50.0 Å². The molecule has 0 bridgehead atoms. The number of hydrogen-bond acceptors (Lipinski definition) is 5. The maximum absolute atomic E-state index is 11.5. The van der Waals surface area contributed by atoms with Crippen LogP contribution in [0.3, 0.4) is 0 Å². The fraction of sp³-hybridized carbons (Fsp3) is 0.857. The summed E-state index contributed by atoms with van der Waals surface area (Å²) >= 11 is 1.28. The molecule has 0 aromatic carbocycles. The fourth-order valence-electron chi connectivity index (χ4n) is 2.27. The van der Waals surface area contributed by atoms with E-state index in [0.29, 0.717) is 6.42 Å². The number of ether oxygens (including phenoxy) is 1. The molecular formula is C14H25NO5S. The van der Waals surface area contributed by atoms with Crippen molar-refractivity contribution in [3.8, 4) is 0 Å². The van der Waals surface area contributed by atoms with Gasteiger partial charge in [-0.05, 0) is 6.42 Å². The van der Waals surface area contributed by atoms with Crippen LogP contribution in [0.25, 0.3) is 0 Å². The maximum Gasteiger partial charge on any atom is 0.327 e. The van der Waals surface area contributed by atoms with Gasteiger partial charge in [-0.2, -0.15) is 11.8 Å². The van der Waals surface area contributed by atoms with Crippen molar-refractivity contribution in [2.75, 3.05) is 5.75 Å². The van der Waals surface area contributed by atoms with Gasteiger partial charge in [0.1, 0.15) is 6.04 Å². The number of hydrogen-bond donors (Lipinski definition) is 3. The van der Waals surface area contributed by atoms with Gasteiger partial charge in [0.05, 0.1) is 6.10 Å². The highest BCUT2D eigenvalue weighted by Gasteiger charge is 2.35. The first-order valence-electron chi connectivity index (χ1n) is 8.64. The summed E-state index contributed by atoms with van der Waals surface area (Å²) in [5.74, 6) is -2.55. The Hall–Kier alpha value is -0.790. The molecule has 1 heterocycles. The Morgan fingerprint density at radius 3 is 2.90 bits per heavy atom. The zero-order valence-corrected chi connectivity index (χ0v) is 12.9. The lowest BCUT2D eigenvalue weighted by atomic mass is 10.1. The summed E-state index contributed by atoms with van der Waals surface area (Å²) in [6.45, 7) is -0.796. The topological polar surface area (TPSA) is 95.9 Å².